The van der Waals surface area contributed by atoms with E-state index in [1.807, 2.05) is 30.3 Å². The Morgan fingerprint density at radius 2 is 1.70 bits per heavy atom. The molecule has 1 heterocycles. The molecule has 0 bridgehead atoms. The first-order chi connectivity index (χ1) is 9.74. The standard InChI is InChI=1S/C16H11NO2S/c18-13(11-6-2-1-3-7-11)10-15-16(19)17-12-8-4-5-9-14(12)20-15/h1-10H,(H,17,19)/b15-10+. The van der Waals surface area contributed by atoms with E-state index in [1.54, 1.807) is 24.3 Å². The number of hydrogen-bond donors (Lipinski definition) is 1. The summed E-state index contributed by atoms with van der Waals surface area (Å²) in [6.07, 6.45) is 1.39. The first-order valence-corrected chi connectivity index (χ1v) is 6.95. The maximum atomic E-state index is 12.1. The molecule has 1 amide bonds. The Morgan fingerprint density at radius 1 is 1.00 bits per heavy atom. The van der Waals surface area contributed by atoms with Crippen LogP contribution in [0.25, 0.3) is 0 Å². The van der Waals surface area contributed by atoms with Crippen LogP contribution in [-0.2, 0) is 4.79 Å². The van der Waals surface area contributed by atoms with Crippen LogP contribution in [0.4, 0.5) is 5.69 Å². The number of para-hydroxylation sites is 1. The van der Waals surface area contributed by atoms with Gasteiger partial charge >= 0.3 is 0 Å². The van der Waals surface area contributed by atoms with E-state index in [9.17, 15) is 9.59 Å². The summed E-state index contributed by atoms with van der Waals surface area (Å²) < 4.78 is 0. The van der Waals surface area contributed by atoms with Gasteiger partial charge in [0.05, 0.1) is 10.6 Å². The van der Waals surface area contributed by atoms with Gasteiger partial charge in [-0.15, -0.1) is 0 Å². The molecule has 1 N–H and O–H groups in total. The van der Waals surface area contributed by atoms with Gasteiger partial charge in [-0.3, -0.25) is 9.59 Å². The topological polar surface area (TPSA) is 46.2 Å². The van der Waals surface area contributed by atoms with E-state index in [4.69, 9.17) is 0 Å². The van der Waals surface area contributed by atoms with Gasteiger partial charge in [0.25, 0.3) is 5.91 Å². The number of hydrogen-bond acceptors (Lipinski definition) is 3. The van der Waals surface area contributed by atoms with Gasteiger partial charge in [-0.25, -0.2) is 0 Å². The molecule has 2 aromatic rings. The highest BCUT2D eigenvalue weighted by Crippen LogP contribution is 2.37. The zero-order valence-corrected chi connectivity index (χ0v) is 11.3. The lowest BCUT2D eigenvalue weighted by Crippen LogP contribution is -2.18. The fraction of sp³-hybridized carbons (Fsp3) is 0. The number of carbonyl (C=O) groups is 2. The molecule has 0 saturated carbocycles. The Kier molecular flexibility index (Phi) is 3.39. The van der Waals surface area contributed by atoms with Crippen molar-refractivity contribution in [2.75, 3.05) is 5.32 Å². The largest absolute Gasteiger partial charge is 0.320 e. The highest BCUT2D eigenvalue weighted by Gasteiger charge is 2.21. The molecule has 0 aromatic heterocycles. The minimum atomic E-state index is -0.238. The number of ketones is 1. The van der Waals surface area contributed by atoms with E-state index in [2.05, 4.69) is 5.32 Å². The molecule has 20 heavy (non-hydrogen) atoms. The first-order valence-electron chi connectivity index (χ1n) is 6.13. The quantitative estimate of drug-likeness (QED) is 0.677. The summed E-state index contributed by atoms with van der Waals surface area (Å²) in [5.41, 5.74) is 1.36. The molecular weight excluding hydrogens is 270 g/mol. The van der Waals surface area contributed by atoms with Crippen molar-refractivity contribution in [1.29, 1.82) is 0 Å². The number of benzene rings is 2. The van der Waals surface area contributed by atoms with E-state index >= 15 is 0 Å². The van der Waals surface area contributed by atoms with Crippen molar-refractivity contribution < 1.29 is 9.59 Å². The number of thioether (sulfide) groups is 1. The maximum absolute atomic E-state index is 12.1. The van der Waals surface area contributed by atoms with Gasteiger partial charge < -0.3 is 5.32 Å². The summed E-state index contributed by atoms with van der Waals surface area (Å²) in [7, 11) is 0. The molecule has 4 heteroatoms. The third-order valence-corrected chi connectivity index (χ3v) is 4.00. The molecule has 0 saturated heterocycles. The Hall–Kier alpha value is -2.33. The van der Waals surface area contributed by atoms with Crippen LogP contribution < -0.4 is 5.32 Å². The van der Waals surface area contributed by atoms with Crippen molar-refractivity contribution >= 4 is 29.1 Å². The highest BCUT2D eigenvalue weighted by atomic mass is 32.2. The minimum Gasteiger partial charge on any atom is -0.320 e. The monoisotopic (exact) mass is 281 g/mol. The summed E-state index contributed by atoms with van der Waals surface area (Å²) in [6, 6.07) is 16.4. The van der Waals surface area contributed by atoms with Crippen molar-refractivity contribution in [1.82, 2.24) is 0 Å². The van der Waals surface area contributed by atoms with E-state index in [1.165, 1.54) is 17.8 Å². The Balaban J connectivity index is 1.90. The van der Waals surface area contributed by atoms with Crippen LogP contribution in [-0.4, -0.2) is 11.7 Å². The zero-order valence-electron chi connectivity index (χ0n) is 10.5. The maximum Gasteiger partial charge on any atom is 0.262 e. The van der Waals surface area contributed by atoms with E-state index in [0.29, 0.717) is 10.5 Å². The van der Waals surface area contributed by atoms with Gasteiger partial charge in [-0.2, -0.15) is 0 Å². The number of anilines is 1. The van der Waals surface area contributed by atoms with Crippen LogP contribution in [0, 0.1) is 0 Å². The SMILES string of the molecule is O=C1Nc2ccccc2S/C1=C/C(=O)c1ccccc1. The second-order valence-corrected chi connectivity index (χ2v) is 5.37. The van der Waals surface area contributed by atoms with Gasteiger partial charge in [0.15, 0.2) is 5.78 Å². The third kappa shape index (κ3) is 2.51. The number of amides is 1. The predicted octanol–water partition coefficient (Wildman–Crippen LogP) is 3.50. The van der Waals surface area contributed by atoms with E-state index < -0.39 is 0 Å². The Morgan fingerprint density at radius 3 is 2.50 bits per heavy atom. The zero-order chi connectivity index (χ0) is 13.9. The van der Waals surface area contributed by atoms with Crippen LogP contribution >= 0.6 is 11.8 Å². The van der Waals surface area contributed by atoms with Gasteiger partial charge in [0, 0.05) is 16.5 Å². The molecule has 0 spiro atoms. The minimum absolute atomic E-state index is 0.164. The average Bonchev–Trinajstić information content (AvgIpc) is 2.49. The van der Waals surface area contributed by atoms with E-state index in [-0.39, 0.29) is 11.7 Å². The number of rotatable bonds is 2. The Bertz CT molecular complexity index is 707. The van der Waals surface area contributed by atoms with Crippen LogP contribution in [0.5, 0.6) is 0 Å². The summed E-state index contributed by atoms with van der Waals surface area (Å²) in [5.74, 6) is -0.402. The van der Waals surface area contributed by atoms with Crippen LogP contribution in [0.3, 0.4) is 0 Å². The fourth-order valence-electron chi connectivity index (χ4n) is 1.91. The summed E-state index contributed by atoms with van der Waals surface area (Å²) in [6.45, 7) is 0. The Labute approximate surface area is 120 Å². The molecule has 2 aromatic carbocycles. The second kappa shape index (κ2) is 5.35. The number of allylic oxidation sites excluding steroid dienone is 1. The van der Waals surface area contributed by atoms with Crippen LogP contribution in [0.1, 0.15) is 10.4 Å². The molecule has 0 aliphatic carbocycles. The summed E-state index contributed by atoms with van der Waals surface area (Å²) >= 11 is 1.32. The predicted molar refractivity (Wildman–Crippen MR) is 79.8 cm³/mol. The van der Waals surface area contributed by atoms with Gasteiger partial charge in [-0.05, 0) is 12.1 Å². The molecule has 0 fully saturated rings. The fourth-order valence-corrected chi connectivity index (χ4v) is 2.83. The first kappa shape index (κ1) is 12.7. The average molecular weight is 281 g/mol. The lowest BCUT2D eigenvalue weighted by atomic mass is 10.1. The van der Waals surface area contributed by atoms with Crippen LogP contribution in [0.2, 0.25) is 0 Å². The summed E-state index contributed by atoms with van der Waals surface area (Å²) in [5, 5.41) is 2.79. The number of nitrogens with one attached hydrogen (secondary N) is 1. The lowest BCUT2D eigenvalue weighted by molar-refractivity contribution is -0.112. The molecule has 3 rings (SSSR count). The lowest BCUT2D eigenvalue weighted by Gasteiger charge is -2.17. The van der Waals surface area contributed by atoms with Crippen molar-refractivity contribution in [3.05, 3.63) is 71.1 Å². The molecule has 1 aliphatic heterocycles. The van der Waals surface area contributed by atoms with Crippen molar-refractivity contribution in [3.8, 4) is 0 Å². The summed E-state index contributed by atoms with van der Waals surface area (Å²) in [4.78, 5) is 25.4. The second-order valence-electron chi connectivity index (χ2n) is 4.29. The molecule has 98 valence electrons. The van der Waals surface area contributed by atoms with Gasteiger partial charge in [0.2, 0.25) is 0 Å². The molecule has 0 radical (unpaired) electrons. The van der Waals surface area contributed by atoms with Crippen molar-refractivity contribution in [3.63, 3.8) is 0 Å². The molecule has 1 aliphatic rings. The molecule has 0 unspecified atom stereocenters. The van der Waals surface area contributed by atoms with Crippen molar-refractivity contribution in [2.24, 2.45) is 0 Å². The van der Waals surface area contributed by atoms with E-state index in [0.717, 1.165) is 10.6 Å². The molecule has 3 nitrogen and oxygen atoms in total. The normalized spacial score (nSPS) is 15.6. The van der Waals surface area contributed by atoms with Gasteiger partial charge in [-0.1, -0.05) is 54.2 Å². The molecule has 0 atom stereocenters. The smallest absolute Gasteiger partial charge is 0.262 e. The van der Waals surface area contributed by atoms with Crippen LogP contribution in [0.15, 0.2) is 70.5 Å². The number of carbonyl (C=O) groups excluding carboxylic acids is 2. The van der Waals surface area contributed by atoms with Crippen molar-refractivity contribution in [2.45, 2.75) is 4.90 Å². The third-order valence-electron chi connectivity index (χ3n) is 2.90. The number of fused-ring (bicyclic) bond motifs is 1. The van der Waals surface area contributed by atoms with Gasteiger partial charge in [0.1, 0.15) is 0 Å². The highest BCUT2D eigenvalue weighted by molar-refractivity contribution is 8.04. The molecular formula is C16H11NO2S.